The molecule has 1 aromatic carbocycles. The van der Waals surface area contributed by atoms with E-state index >= 15 is 0 Å². The zero-order chi connectivity index (χ0) is 23.5. The van der Waals surface area contributed by atoms with E-state index in [4.69, 9.17) is 19.9 Å². The monoisotopic (exact) mass is 464 g/mol. The molecule has 0 saturated heterocycles. The van der Waals surface area contributed by atoms with Gasteiger partial charge in [0.1, 0.15) is 11.2 Å². The number of aromatic nitrogens is 6. The van der Waals surface area contributed by atoms with E-state index in [1.807, 2.05) is 35.9 Å². The van der Waals surface area contributed by atoms with Gasteiger partial charge in [0.25, 0.3) is 0 Å². The van der Waals surface area contributed by atoms with Crippen molar-refractivity contribution >= 4 is 23.1 Å². The van der Waals surface area contributed by atoms with E-state index in [0.717, 1.165) is 17.7 Å². The van der Waals surface area contributed by atoms with Crippen molar-refractivity contribution in [3.05, 3.63) is 42.4 Å². The first-order chi connectivity index (χ1) is 16.6. The third kappa shape index (κ3) is 4.42. The maximum Gasteiger partial charge on any atom is 0.407 e. The number of unbranched alkanes of at least 4 members (excludes halogenated alkanes) is 1. The van der Waals surface area contributed by atoms with Gasteiger partial charge in [0.05, 0.1) is 12.9 Å². The maximum absolute atomic E-state index is 12.0. The number of hydrogen-bond donors (Lipinski definition) is 2. The van der Waals surface area contributed by atoms with Crippen LogP contribution in [0.4, 0.5) is 10.6 Å². The average molecular weight is 464 g/mol. The summed E-state index contributed by atoms with van der Waals surface area (Å²) in [7, 11) is 1.82. The summed E-state index contributed by atoms with van der Waals surface area (Å²) in [6, 6.07) is 7.37. The molecule has 0 bridgehead atoms. The van der Waals surface area contributed by atoms with Crippen molar-refractivity contribution in [3.8, 4) is 23.0 Å². The summed E-state index contributed by atoms with van der Waals surface area (Å²) in [5.74, 6) is 2.20. The number of amides is 1. The fourth-order valence-electron chi connectivity index (χ4n) is 3.66. The second kappa shape index (κ2) is 9.25. The van der Waals surface area contributed by atoms with Crippen molar-refractivity contribution < 1.29 is 19.0 Å². The number of nitrogens with two attached hydrogens (primary N) is 1. The van der Waals surface area contributed by atoms with Crippen LogP contribution in [0.3, 0.4) is 0 Å². The van der Waals surface area contributed by atoms with Gasteiger partial charge in [-0.05, 0) is 36.6 Å². The summed E-state index contributed by atoms with van der Waals surface area (Å²) >= 11 is 0. The summed E-state index contributed by atoms with van der Waals surface area (Å²) < 4.78 is 19.5. The van der Waals surface area contributed by atoms with Crippen LogP contribution in [-0.4, -0.2) is 48.8 Å². The third-order valence-electron chi connectivity index (χ3n) is 5.44. The van der Waals surface area contributed by atoms with E-state index < -0.39 is 6.09 Å². The van der Waals surface area contributed by atoms with E-state index in [9.17, 15) is 4.79 Å². The second-order valence-electron chi connectivity index (χ2n) is 7.77. The number of hydrogen-bond acceptors (Lipinski definition) is 9. The lowest BCUT2D eigenvalue weighted by Gasteiger charge is -2.08. The molecular weight excluding hydrogens is 440 g/mol. The van der Waals surface area contributed by atoms with Gasteiger partial charge in [-0.1, -0.05) is 6.07 Å². The van der Waals surface area contributed by atoms with Crippen molar-refractivity contribution in [2.24, 2.45) is 7.05 Å². The van der Waals surface area contributed by atoms with Gasteiger partial charge in [-0.25, -0.2) is 19.7 Å². The fourth-order valence-corrected chi connectivity index (χ4v) is 3.66. The number of nitrogens with zero attached hydrogens (tertiary/aromatic N) is 6. The van der Waals surface area contributed by atoms with Gasteiger partial charge in [-0.3, -0.25) is 4.68 Å². The largest absolute Gasteiger partial charge is 0.454 e. The molecule has 0 radical (unpaired) electrons. The Morgan fingerprint density at radius 1 is 1.21 bits per heavy atom. The van der Waals surface area contributed by atoms with Crippen LogP contribution < -0.4 is 20.5 Å². The number of benzene rings is 1. The number of carbonyl (C=O) groups is 1. The van der Waals surface area contributed by atoms with Gasteiger partial charge in [0.15, 0.2) is 28.8 Å². The van der Waals surface area contributed by atoms with Crippen LogP contribution in [0.25, 0.3) is 22.7 Å². The minimum absolute atomic E-state index is 0.217. The SMILES string of the molecule is Cn1nccc1-c1nc(N)c2ncn(CCCCOC(=O)NCc3ccc4c(c3)OCO4)c2n1. The van der Waals surface area contributed by atoms with Crippen molar-refractivity contribution in [2.45, 2.75) is 25.9 Å². The molecule has 0 aliphatic carbocycles. The lowest BCUT2D eigenvalue weighted by atomic mass is 10.2. The molecule has 176 valence electrons. The average Bonchev–Trinajstić information content (AvgIpc) is 3.57. The first-order valence-corrected chi connectivity index (χ1v) is 10.8. The van der Waals surface area contributed by atoms with Crippen molar-refractivity contribution in [1.82, 2.24) is 34.6 Å². The van der Waals surface area contributed by atoms with E-state index in [-0.39, 0.29) is 6.79 Å². The molecule has 0 spiro atoms. The summed E-state index contributed by atoms with van der Waals surface area (Å²) in [4.78, 5) is 25.3. The number of ether oxygens (including phenoxy) is 3. The molecule has 12 nitrogen and oxygen atoms in total. The van der Waals surface area contributed by atoms with Crippen LogP contribution in [-0.2, 0) is 24.9 Å². The van der Waals surface area contributed by atoms with Crippen molar-refractivity contribution in [2.75, 3.05) is 19.1 Å². The Bertz CT molecular complexity index is 1330. The smallest absolute Gasteiger partial charge is 0.407 e. The number of alkyl carbamates (subject to hydrolysis) is 1. The molecule has 4 heterocycles. The van der Waals surface area contributed by atoms with Gasteiger partial charge >= 0.3 is 6.09 Å². The van der Waals surface area contributed by atoms with Crippen LogP contribution in [0.1, 0.15) is 18.4 Å². The van der Waals surface area contributed by atoms with Gasteiger partial charge in [0.2, 0.25) is 6.79 Å². The highest BCUT2D eigenvalue weighted by molar-refractivity contribution is 5.83. The van der Waals surface area contributed by atoms with Crippen molar-refractivity contribution in [3.63, 3.8) is 0 Å². The number of nitrogen functional groups attached to an aromatic ring is 1. The molecule has 1 amide bonds. The van der Waals surface area contributed by atoms with Gasteiger partial charge < -0.3 is 29.8 Å². The highest BCUT2D eigenvalue weighted by Crippen LogP contribution is 2.32. The standard InChI is InChI=1S/C22H24N8O4/c1-29-15(6-7-26-29)20-27-19(23)18-21(28-20)30(12-25-18)8-2-3-9-32-22(31)24-11-14-4-5-16-17(10-14)34-13-33-16/h4-7,10,12H,2-3,8-9,11,13H2,1H3,(H,24,31)(H2,23,27,28). The number of anilines is 1. The van der Waals surface area contributed by atoms with E-state index in [0.29, 0.717) is 60.4 Å². The number of rotatable bonds is 8. The molecule has 0 unspecified atom stereocenters. The predicted octanol–water partition coefficient (Wildman–Crippen LogP) is 2.24. The number of nitrogens with one attached hydrogen (secondary N) is 1. The molecular formula is C22H24N8O4. The Balaban J connectivity index is 1.10. The fraction of sp³-hybridized carbons (Fsp3) is 0.318. The van der Waals surface area contributed by atoms with Gasteiger partial charge in [-0.15, -0.1) is 0 Å². The molecule has 0 atom stereocenters. The van der Waals surface area contributed by atoms with Crippen LogP contribution in [0.2, 0.25) is 0 Å². The lowest BCUT2D eigenvalue weighted by molar-refractivity contribution is 0.143. The highest BCUT2D eigenvalue weighted by Gasteiger charge is 2.15. The maximum atomic E-state index is 12.0. The highest BCUT2D eigenvalue weighted by atomic mass is 16.7. The third-order valence-corrected chi connectivity index (χ3v) is 5.44. The first kappa shape index (κ1) is 21.5. The molecule has 0 saturated carbocycles. The van der Waals surface area contributed by atoms with Crippen LogP contribution in [0.5, 0.6) is 11.5 Å². The van der Waals surface area contributed by atoms with Crippen molar-refractivity contribution in [1.29, 1.82) is 0 Å². The zero-order valence-corrected chi connectivity index (χ0v) is 18.6. The van der Waals surface area contributed by atoms with E-state index in [1.54, 1.807) is 17.2 Å². The second-order valence-corrected chi connectivity index (χ2v) is 7.77. The van der Waals surface area contributed by atoms with Gasteiger partial charge in [-0.2, -0.15) is 5.10 Å². The molecule has 5 rings (SSSR count). The lowest BCUT2D eigenvalue weighted by Crippen LogP contribution is -2.24. The van der Waals surface area contributed by atoms with Crippen LogP contribution >= 0.6 is 0 Å². The normalized spacial score (nSPS) is 12.3. The molecule has 0 fully saturated rings. The zero-order valence-electron chi connectivity index (χ0n) is 18.6. The molecule has 12 heteroatoms. The number of imidazole rings is 1. The molecule has 3 aromatic heterocycles. The Kier molecular flexibility index (Phi) is 5.85. The molecule has 4 aromatic rings. The molecule has 1 aliphatic rings. The molecule has 3 N–H and O–H groups in total. The number of aryl methyl sites for hydroxylation is 2. The molecule has 1 aliphatic heterocycles. The summed E-state index contributed by atoms with van der Waals surface area (Å²) in [6.45, 7) is 1.52. The minimum Gasteiger partial charge on any atom is -0.454 e. The van der Waals surface area contributed by atoms with Crippen LogP contribution in [0, 0.1) is 0 Å². The van der Waals surface area contributed by atoms with Gasteiger partial charge in [0, 0.05) is 26.3 Å². The summed E-state index contributed by atoms with van der Waals surface area (Å²) in [6.07, 6.45) is 4.37. The topological polar surface area (TPSA) is 144 Å². The van der Waals surface area contributed by atoms with E-state index in [2.05, 4.69) is 25.4 Å². The van der Waals surface area contributed by atoms with Crippen LogP contribution in [0.15, 0.2) is 36.8 Å². The quantitative estimate of drug-likeness (QED) is 0.375. The Morgan fingerprint density at radius 3 is 2.94 bits per heavy atom. The Morgan fingerprint density at radius 2 is 2.09 bits per heavy atom. The molecule has 34 heavy (non-hydrogen) atoms. The first-order valence-electron chi connectivity index (χ1n) is 10.8. The number of fused-ring (bicyclic) bond motifs is 2. The summed E-state index contributed by atoms with van der Waals surface area (Å²) in [5, 5.41) is 6.90. The number of carbonyl (C=O) groups excluding carboxylic acids is 1. The Labute approximate surface area is 194 Å². The summed E-state index contributed by atoms with van der Waals surface area (Å²) in [5.41, 5.74) is 8.99. The predicted molar refractivity (Wildman–Crippen MR) is 122 cm³/mol. The minimum atomic E-state index is -0.466. The Hall–Kier alpha value is -4.35. The van der Waals surface area contributed by atoms with E-state index in [1.165, 1.54) is 0 Å².